The number of likely N-dealkylation sites (tertiary alicyclic amines) is 1. The van der Waals surface area contributed by atoms with Gasteiger partial charge in [0.15, 0.2) is 0 Å². The number of aromatic nitrogens is 1. The summed E-state index contributed by atoms with van der Waals surface area (Å²) in [6.07, 6.45) is 7.29. The van der Waals surface area contributed by atoms with Gasteiger partial charge < -0.3 is 14.7 Å². The molecule has 2 heterocycles. The van der Waals surface area contributed by atoms with Crippen molar-refractivity contribution in [3.05, 3.63) is 12.5 Å². The van der Waals surface area contributed by atoms with Gasteiger partial charge in [-0.25, -0.2) is 0 Å². The minimum atomic E-state index is 0.486. The van der Waals surface area contributed by atoms with Gasteiger partial charge in [-0.15, -0.1) is 0 Å². The number of nitrogens with one attached hydrogen (secondary N) is 1. The van der Waals surface area contributed by atoms with Crippen molar-refractivity contribution in [2.45, 2.75) is 52.1 Å². The number of rotatable bonds is 5. The minimum absolute atomic E-state index is 0.486. The lowest BCUT2D eigenvalue weighted by molar-refractivity contribution is 0.144. The van der Waals surface area contributed by atoms with Crippen LogP contribution in [-0.4, -0.2) is 35.2 Å². The fraction of sp³-hybridized carbons (Fsp3) is 0.786. The van der Waals surface area contributed by atoms with Gasteiger partial charge in [-0.3, -0.25) is 0 Å². The van der Waals surface area contributed by atoms with Crippen molar-refractivity contribution < 1.29 is 4.52 Å². The largest absolute Gasteiger partial charge is 0.379 e. The summed E-state index contributed by atoms with van der Waals surface area (Å²) in [6.45, 7) is 9.32. The summed E-state index contributed by atoms with van der Waals surface area (Å²) < 4.78 is 4.83. The number of hydrogen-bond donors (Lipinski definition) is 1. The van der Waals surface area contributed by atoms with Crippen LogP contribution in [0.3, 0.4) is 0 Å². The molecule has 102 valence electrons. The van der Waals surface area contributed by atoms with E-state index in [1.165, 1.54) is 32.4 Å². The Morgan fingerprint density at radius 2 is 2.11 bits per heavy atom. The highest BCUT2D eigenvalue weighted by Crippen LogP contribution is 2.24. The van der Waals surface area contributed by atoms with Crippen LogP contribution >= 0.6 is 0 Å². The SMILES string of the molecule is CC(CC1CCN(C(C)C)CC1)Nc1cnoc1. The minimum Gasteiger partial charge on any atom is -0.379 e. The van der Waals surface area contributed by atoms with Gasteiger partial charge in [-0.1, -0.05) is 5.16 Å². The van der Waals surface area contributed by atoms with Crippen LogP contribution in [0.15, 0.2) is 17.0 Å². The third-order valence-electron chi connectivity index (χ3n) is 3.91. The smallest absolute Gasteiger partial charge is 0.146 e. The van der Waals surface area contributed by atoms with Crippen molar-refractivity contribution in [2.24, 2.45) is 5.92 Å². The number of hydrogen-bond acceptors (Lipinski definition) is 4. The molecule has 18 heavy (non-hydrogen) atoms. The van der Waals surface area contributed by atoms with E-state index in [-0.39, 0.29) is 0 Å². The molecule has 1 atom stereocenters. The predicted octanol–water partition coefficient (Wildman–Crippen LogP) is 2.99. The fourth-order valence-electron chi connectivity index (χ4n) is 2.82. The summed E-state index contributed by atoms with van der Waals surface area (Å²) in [5.74, 6) is 0.849. The standard InChI is InChI=1S/C14H25N3O/c1-11(2)17-6-4-13(5-7-17)8-12(3)16-14-9-15-18-10-14/h9-13,16H,4-8H2,1-3H3. The van der Waals surface area contributed by atoms with Crippen LogP contribution in [-0.2, 0) is 0 Å². The van der Waals surface area contributed by atoms with Gasteiger partial charge in [0.1, 0.15) is 6.26 Å². The van der Waals surface area contributed by atoms with Crippen LogP contribution in [0.25, 0.3) is 0 Å². The van der Waals surface area contributed by atoms with E-state index in [9.17, 15) is 0 Å². The third kappa shape index (κ3) is 3.73. The molecule has 1 fully saturated rings. The average molecular weight is 251 g/mol. The third-order valence-corrected chi connectivity index (χ3v) is 3.91. The molecule has 0 aromatic carbocycles. The van der Waals surface area contributed by atoms with E-state index in [1.54, 1.807) is 12.5 Å². The topological polar surface area (TPSA) is 41.3 Å². The van der Waals surface area contributed by atoms with E-state index in [0.717, 1.165) is 11.6 Å². The van der Waals surface area contributed by atoms with Crippen molar-refractivity contribution in [1.82, 2.24) is 10.1 Å². The average Bonchev–Trinajstić information content (AvgIpc) is 2.82. The molecule has 1 aliphatic rings. The Morgan fingerprint density at radius 1 is 1.39 bits per heavy atom. The first-order chi connectivity index (χ1) is 8.65. The highest BCUT2D eigenvalue weighted by molar-refractivity contribution is 5.37. The molecule has 1 saturated heterocycles. The van der Waals surface area contributed by atoms with Gasteiger partial charge in [-0.2, -0.15) is 0 Å². The lowest BCUT2D eigenvalue weighted by atomic mass is 9.90. The molecule has 1 aliphatic heterocycles. The molecule has 1 unspecified atom stereocenters. The number of piperidine rings is 1. The summed E-state index contributed by atoms with van der Waals surface area (Å²) in [6, 6.07) is 1.18. The molecule has 0 spiro atoms. The van der Waals surface area contributed by atoms with Crippen LogP contribution < -0.4 is 5.32 Å². The van der Waals surface area contributed by atoms with E-state index in [4.69, 9.17) is 4.52 Å². The molecule has 0 aliphatic carbocycles. The maximum absolute atomic E-state index is 4.83. The Morgan fingerprint density at radius 3 is 2.67 bits per heavy atom. The molecule has 1 aromatic heterocycles. The van der Waals surface area contributed by atoms with Crippen LogP contribution in [0, 0.1) is 5.92 Å². The molecule has 0 bridgehead atoms. The first-order valence-electron chi connectivity index (χ1n) is 7.05. The molecule has 0 radical (unpaired) electrons. The lowest BCUT2D eigenvalue weighted by Crippen LogP contribution is -2.39. The highest BCUT2D eigenvalue weighted by Gasteiger charge is 2.22. The van der Waals surface area contributed by atoms with Gasteiger partial charge in [0.25, 0.3) is 0 Å². The molecule has 0 amide bonds. The van der Waals surface area contributed by atoms with E-state index >= 15 is 0 Å². The van der Waals surface area contributed by atoms with Crippen molar-refractivity contribution in [3.63, 3.8) is 0 Å². The second-order valence-corrected chi connectivity index (χ2v) is 5.77. The van der Waals surface area contributed by atoms with Gasteiger partial charge in [0, 0.05) is 12.1 Å². The zero-order chi connectivity index (χ0) is 13.0. The van der Waals surface area contributed by atoms with Gasteiger partial charge in [0.05, 0.1) is 11.9 Å². The monoisotopic (exact) mass is 251 g/mol. The molecular weight excluding hydrogens is 226 g/mol. The zero-order valence-corrected chi connectivity index (χ0v) is 11.7. The van der Waals surface area contributed by atoms with E-state index in [1.807, 2.05) is 0 Å². The van der Waals surface area contributed by atoms with Gasteiger partial charge in [0.2, 0.25) is 0 Å². The highest BCUT2D eigenvalue weighted by atomic mass is 16.5. The summed E-state index contributed by atoms with van der Waals surface area (Å²) in [5.41, 5.74) is 0.988. The van der Waals surface area contributed by atoms with Crippen molar-refractivity contribution in [3.8, 4) is 0 Å². The van der Waals surface area contributed by atoms with Crippen LogP contribution in [0.2, 0.25) is 0 Å². The Kier molecular flexibility index (Phi) is 4.64. The van der Waals surface area contributed by atoms with Crippen molar-refractivity contribution in [1.29, 1.82) is 0 Å². The number of nitrogens with zero attached hydrogens (tertiary/aromatic N) is 2. The maximum Gasteiger partial charge on any atom is 0.146 e. The zero-order valence-electron chi connectivity index (χ0n) is 11.7. The quantitative estimate of drug-likeness (QED) is 0.873. The second-order valence-electron chi connectivity index (χ2n) is 5.77. The molecular formula is C14H25N3O. The summed E-state index contributed by atoms with van der Waals surface area (Å²) in [5, 5.41) is 7.14. The molecule has 1 N–H and O–H groups in total. The lowest BCUT2D eigenvalue weighted by Gasteiger charge is -2.35. The normalized spacial score (nSPS) is 20.2. The van der Waals surface area contributed by atoms with Crippen LogP contribution in [0.1, 0.15) is 40.0 Å². The molecule has 2 rings (SSSR count). The Hall–Kier alpha value is -1.03. The van der Waals surface area contributed by atoms with Gasteiger partial charge in [-0.05, 0) is 59.0 Å². The molecule has 4 nitrogen and oxygen atoms in total. The van der Waals surface area contributed by atoms with E-state index in [2.05, 4.69) is 36.1 Å². The Labute approximate surface area is 110 Å². The fourth-order valence-corrected chi connectivity index (χ4v) is 2.82. The van der Waals surface area contributed by atoms with Crippen molar-refractivity contribution in [2.75, 3.05) is 18.4 Å². The maximum atomic E-state index is 4.83. The molecule has 0 saturated carbocycles. The Balaban J connectivity index is 1.71. The van der Waals surface area contributed by atoms with Crippen LogP contribution in [0.5, 0.6) is 0 Å². The molecule has 1 aromatic rings. The summed E-state index contributed by atoms with van der Waals surface area (Å²) in [4.78, 5) is 2.58. The first-order valence-corrected chi connectivity index (χ1v) is 7.05. The molecule has 4 heteroatoms. The van der Waals surface area contributed by atoms with E-state index < -0.39 is 0 Å². The number of anilines is 1. The summed E-state index contributed by atoms with van der Waals surface area (Å²) in [7, 11) is 0. The second kappa shape index (κ2) is 6.23. The summed E-state index contributed by atoms with van der Waals surface area (Å²) >= 11 is 0. The predicted molar refractivity (Wildman–Crippen MR) is 73.6 cm³/mol. The Bertz CT molecular complexity index is 329. The van der Waals surface area contributed by atoms with E-state index in [0.29, 0.717) is 12.1 Å². The first kappa shape index (κ1) is 13.4. The van der Waals surface area contributed by atoms with Crippen LogP contribution in [0.4, 0.5) is 5.69 Å². The van der Waals surface area contributed by atoms with Gasteiger partial charge >= 0.3 is 0 Å². The van der Waals surface area contributed by atoms with Crippen molar-refractivity contribution >= 4 is 5.69 Å².